The summed E-state index contributed by atoms with van der Waals surface area (Å²) < 4.78 is 0. The van der Waals surface area contributed by atoms with Crippen molar-refractivity contribution in [3.05, 3.63) is 11.6 Å². The molecule has 0 saturated heterocycles. The smallest absolute Gasteiger partial charge is 0.246 e. The molecule has 1 amide bonds. The molecule has 26 heavy (non-hydrogen) atoms. The van der Waals surface area contributed by atoms with E-state index in [2.05, 4.69) is 13.8 Å². The number of hydrogen-bond acceptors (Lipinski definition) is 3. The number of aliphatic hydroxyl groups is 1. The van der Waals surface area contributed by atoms with Crippen molar-refractivity contribution in [2.45, 2.75) is 65.4 Å². The summed E-state index contributed by atoms with van der Waals surface area (Å²) in [5, 5.41) is 11.3. The average Bonchev–Trinajstić information content (AvgIpc) is 2.86. The predicted molar refractivity (Wildman–Crippen MR) is 100 cm³/mol. The summed E-state index contributed by atoms with van der Waals surface area (Å²) in [5.74, 6) is 1.72. The first-order chi connectivity index (χ1) is 12.2. The number of allylic oxidation sites excluding steroid dienone is 1. The Morgan fingerprint density at radius 1 is 1.27 bits per heavy atom. The molecule has 0 aromatic rings. The standard InChI is InChI=1S/C22H33NO3/c1-13(24)16-7-8-17-15-6-5-14-11-19(26)23(4)10-9-21(14,2)20(15)18(25)12-22(16,17)3/h11,15-18,20,25H,5-10,12H2,1-4H3/t15?,16-,17?,18+,20?,21+,22-/m1/s1. The van der Waals surface area contributed by atoms with Crippen LogP contribution in [0.5, 0.6) is 0 Å². The minimum Gasteiger partial charge on any atom is -0.393 e. The Kier molecular flexibility index (Phi) is 4.15. The number of rotatable bonds is 1. The van der Waals surface area contributed by atoms with Crippen LogP contribution in [0.15, 0.2) is 11.6 Å². The van der Waals surface area contributed by atoms with Gasteiger partial charge < -0.3 is 10.0 Å². The molecule has 1 heterocycles. The van der Waals surface area contributed by atoms with Crippen LogP contribution < -0.4 is 0 Å². The number of nitrogens with zero attached hydrogens (tertiary/aromatic N) is 1. The molecule has 1 N–H and O–H groups in total. The van der Waals surface area contributed by atoms with Crippen LogP contribution in [0.4, 0.5) is 0 Å². The molecular formula is C22H33NO3. The van der Waals surface area contributed by atoms with Gasteiger partial charge in [-0.3, -0.25) is 9.59 Å². The topological polar surface area (TPSA) is 57.6 Å². The Labute approximate surface area is 157 Å². The number of ketones is 1. The molecule has 4 heteroatoms. The van der Waals surface area contributed by atoms with Crippen LogP contribution in [0, 0.1) is 34.5 Å². The Morgan fingerprint density at radius 2 is 2.00 bits per heavy atom. The largest absolute Gasteiger partial charge is 0.393 e. The van der Waals surface area contributed by atoms with E-state index in [1.165, 1.54) is 5.57 Å². The van der Waals surface area contributed by atoms with E-state index < -0.39 is 0 Å². The Balaban J connectivity index is 1.72. The van der Waals surface area contributed by atoms with Crippen LogP contribution in [0.1, 0.15) is 59.3 Å². The highest BCUT2D eigenvalue weighted by atomic mass is 16.3. The van der Waals surface area contributed by atoms with Crippen molar-refractivity contribution in [2.75, 3.05) is 13.6 Å². The summed E-state index contributed by atoms with van der Waals surface area (Å²) in [6.45, 7) is 7.02. The Bertz CT molecular complexity index is 670. The van der Waals surface area contributed by atoms with Crippen LogP contribution in [0.25, 0.3) is 0 Å². The summed E-state index contributed by atoms with van der Waals surface area (Å²) in [5.41, 5.74) is 1.09. The van der Waals surface area contributed by atoms with Gasteiger partial charge in [-0.05, 0) is 74.0 Å². The molecule has 0 bridgehead atoms. The lowest BCUT2D eigenvalue weighted by Gasteiger charge is -2.59. The highest BCUT2D eigenvalue weighted by Gasteiger charge is 2.62. The van der Waals surface area contributed by atoms with Crippen LogP contribution in [0.3, 0.4) is 0 Å². The van der Waals surface area contributed by atoms with Gasteiger partial charge in [0.2, 0.25) is 5.91 Å². The molecular weight excluding hydrogens is 326 g/mol. The fourth-order valence-corrected chi connectivity index (χ4v) is 7.47. The highest BCUT2D eigenvalue weighted by molar-refractivity contribution is 5.88. The molecule has 4 rings (SSSR count). The van der Waals surface area contributed by atoms with E-state index in [0.717, 1.165) is 45.1 Å². The van der Waals surface area contributed by atoms with Gasteiger partial charge >= 0.3 is 0 Å². The van der Waals surface area contributed by atoms with Crippen LogP contribution in [-0.2, 0) is 9.59 Å². The molecule has 144 valence electrons. The van der Waals surface area contributed by atoms with Crippen molar-refractivity contribution in [1.82, 2.24) is 4.90 Å². The second kappa shape index (κ2) is 5.92. The molecule has 3 unspecified atom stereocenters. The number of Topliss-reactive ketones (excluding diaryl/α,β-unsaturated/α-hetero) is 1. The van der Waals surface area contributed by atoms with Crippen LogP contribution in [-0.4, -0.2) is 41.4 Å². The van der Waals surface area contributed by atoms with Gasteiger partial charge in [0.25, 0.3) is 0 Å². The van der Waals surface area contributed by atoms with E-state index in [0.29, 0.717) is 17.6 Å². The first-order valence-electron chi connectivity index (χ1n) is 10.3. The minimum atomic E-state index is -0.381. The fourth-order valence-electron chi connectivity index (χ4n) is 7.47. The zero-order chi connectivity index (χ0) is 18.9. The summed E-state index contributed by atoms with van der Waals surface area (Å²) in [7, 11) is 1.88. The summed E-state index contributed by atoms with van der Waals surface area (Å²) in [6.07, 6.45) is 7.24. The number of fused-ring (bicyclic) bond motifs is 5. The Morgan fingerprint density at radius 3 is 2.69 bits per heavy atom. The van der Waals surface area contributed by atoms with Crippen molar-refractivity contribution in [3.63, 3.8) is 0 Å². The predicted octanol–water partition coefficient (Wildman–Crippen LogP) is 3.19. The molecule has 1 aliphatic heterocycles. The van der Waals surface area contributed by atoms with Gasteiger partial charge in [0.15, 0.2) is 0 Å². The van der Waals surface area contributed by atoms with Crippen molar-refractivity contribution >= 4 is 11.7 Å². The van der Waals surface area contributed by atoms with Gasteiger partial charge in [-0.25, -0.2) is 0 Å². The number of carbonyl (C=O) groups is 2. The molecule has 0 spiro atoms. The van der Waals surface area contributed by atoms with E-state index in [1.54, 1.807) is 6.92 Å². The maximum atomic E-state index is 12.4. The second-order valence-electron chi connectivity index (χ2n) is 9.95. The van der Waals surface area contributed by atoms with Crippen molar-refractivity contribution in [3.8, 4) is 0 Å². The maximum Gasteiger partial charge on any atom is 0.246 e. The molecule has 4 aliphatic rings. The van der Waals surface area contributed by atoms with Gasteiger partial charge in [0, 0.05) is 25.6 Å². The fraction of sp³-hybridized carbons (Fsp3) is 0.818. The lowest BCUT2D eigenvalue weighted by Crippen LogP contribution is -2.56. The van der Waals surface area contributed by atoms with Gasteiger partial charge in [0.05, 0.1) is 6.10 Å². The third-order valence-corrected chi connectivity index (χ3v) is 8.80. The van der Waals surface area contributed by atoms with Gasteiger partial charge in [0.1, 0.15) is 5.78 Å². The number of likely N-dealkylation sites (N-methyl/N-ethyl adjacent to an activating group) is 1. The normalized spacial score (nSPS) is 48.2. The molecule has 3 fully saturated rings. The minimum absolute atomic E-state index is 0.0542. The van der Waals surface area contributed by atoms with Crippen molar-refractivity contribution in [2.24, 2.45) is 34.5 Å². The van der Waals surface area contributed by atoms with E-state index in [4.69, 9.17) is 0 Å². The zero-order valence-corrected chi connectivity index (χ0v) is 16.6. The first-order valence-corrected chi connectivity index (χ1v) is 10.3. The first kappa shape index (κ1) is 18.2. The molecule has 0 aromatic carbocycles. The number of aliphatic hydroxyl groups excluding tert-OH is 1. The van der Waals surface area contributed by atoms with Gasteiger partial charge in [-0.15, -0.1) is 0 Å². The highest BCUT2D eigenvalue weighted by Crippen LogP contribution is 2.66. The third-order valence-electron chi connectivity index (χ3n) is 8.80. The van der Waals surface area contributed by atoms with Gasteiger partial charge in [-0.2, -0.15) is 0 Å². The molecule has 7 atom stereocenters. The van der Waals surface area contributed by atoms with E-state index in [-0.39, 0.29) is 34.7 Å². The van der Waals surface area contributed by atoms with Gasteiger partial charge in [-0.1, -0.05) is 19.4 Å². The maximum absolute atomic E-state index is 12.4. The molecule has 0 radical (unpaired) electrons. The number of amides is 1. The monoisotopic (exact) mass is 359 g/mol. The van der Waals surface area contributed by atoms with Crippen molar-refractivity contribution < 1.29 is 14.7 Å². The van der Waals surface area contributed by atoms with E-state index >= 15 is 0 Å². The quantitative estimate of drug-likeness (QED) is 0.782. The number of hydrogen-bond donors (Lipinski definition) is 1. The van der Waals surface area contributed by atoms with E-state index in [9.17, 15) is 14.7 Å². The SMILES string of the molecule is CC(=O)[C@H]1CCC2C3CCC4=CC(=O)N(C)CC[C@]4(C)C3[C@@H](O)C[C@@]21C. The average molecular weight is 360 g/mol. The summed E-state index contributed by atoms with van der Waals surface area (Å²) in [6, 6.07) is 0. The molecule has 4 nitrogen and oxygen atoms in total. The van der Waals surface area contributed by atoms with Crippen molar-refractivity contribution in [1.29, 1.82) is 0 Å². The van der Waals surface area contributed by atoms with Crippen LogP contribution >= 0.6 is 0 Å². The lowest BCUT2D eigenvalue weighted by atomic mass is 9.46. The summed E-state index contributed by atoms with van der Waals surface area (Å²) >= 11 is 0. The van der Waals surface area contributed by atoms with E-state index in [1.807, 2.05) is 18.0 Å². The van der Waals surface area contributed by atoms with Crippen LogP contribution in [0.2, 0.25) is 0 Å². The molecule has 3 saturated carbocycles. The lowest BCUT2D eigenvalue weighted by molar-refractivity contribution is -0.141. The summed E-state index contributed by atoms with van der Waals surface area (Å²) in [4.78, 5) is 26.4. The Hall–Kier alpha value is -1.16. The second-order valence-corrected chi connectivity index (χ2v) is 9.95. The number of carbonyl (C=O) groups excluding carboxylic acids is 2. The zero-order valence-electron chi connectivity index (χ0n) is 16.6. The third kappa shape index (κ3) is 2.37. The molecule has 0 aromatic heterocycles. The molecule has 3 aliphatic carbocycles.